The molecule has 1 amide bonds. The van der Waals surface area contributed by atoms with Crippen LogP contribution in [0, 0.1) is 13.8 Å². The first-order valence-corrected chi connectivity index (χ1v) is 5.60. The summed E-state index contributed by atoms with van der Waals surface area (Å²) in [5, 5.41) is 24.6. The molecule has 0 saturated carbocycles. The molecule has 1 aromatic rings. The van der Waals surface area contributed by atoms with E-state index in [-0.39, 0.29) is 38.6 Å². The van der Waals surface area contributed by atoms with Gasteiger partial charge in [0.1, 0.15) is 0 Å². The summed E-state index contributed by atoms with van der Waals surface area (Å²) in [6.45, 7) is 3.99. The van der Waals surface area contributed by atoms with Crippen LogP contribution in [-0.4, -0.2) is 57.5 Å². The number of aliphatic hydroxyl groups is 2. The van der Waals surface area contributed by atoms with Crippen LogP contribution in [0.15, 0.2) is 0 Å². The molecule has 0 radical (unpaired) electrons. The van der Waals surface area contributed by atoms with Crippen molar-refractivity contribution in [2.24, 2.45) is 0 Å². The van der Waals surface area contributed by atoms with Crippen LogP contribution >= 0.6 is 0 Å². The Labute approximate surface area is 100 Å². The van der Waals surface area contributed by atoms with Gasteiger partial charge in [-0.25, -0.2) is 0 Å². The van der Waals surface area contributed by atoms with Crippen LogP contribution in [0.3, 0.4) is 0 Å². The van der Waals surface area contributed by atoms with Crippen LogP contribution in [0.5, 0.6) is 0 Å². The molecular formula is C11H19N3O3. The molecule has 0 fully saturated rings. The Bertz CT molecular complexity index is 351. The highest BCUT2D eigenvalue weighted by atomic mass is 16.3. The number of nitrogens with one attached hydrogen (secondary N) is 1. The first-order chi connectivity index (χ1) is 8.10. The molecule has 6 heteroatoms. The van der Waals surface area contributed by atoms with Crippen molar-refractivity contribution in [1.29, 1.82) is 0 Å². The minimum absolute atomic E-state index is 0.102. The van der Waals surface area contributed by atoms with Crippen molar-refractivity contribution >= 4 is 5.91 Å². The third-order valence-corrected chi connectivity index (χ3v) is 2.70. The number of aryl methyl sites for hydroxylation is 2. The average Bonchev–Trinajstić information content (AvgIpc) is 2.60. The molecule has 0 aromatic carbocycles. The number of rotatable bonds is 6. The van der Waals surface area contributed by atoms with Crippen molar-refractivity contribution in [3.63, 3.8) is 0 Å². The van der Waals surface area contributed by atoms with Gasteiger partial charge in [-0.3, -0.25) is 9.89 Å². The van der Waals surface area contributed by atoms with E-state index < -0.39 is 0 Å². The summed E-state index contributed by atoms with van der Waals surface area (Å²) < 4.78 is 0. The summed E-state index contributed by atoms with van der Waals surface area (Å²) in [5.74, 6) is -0.110. The van der Waals surface area contributed by atoms with E-state index in [2.05, 4.69) is 10.2 Å². The highest BCUT2D eigenvalue weighted by Crippen LogP contribution is 2.11. The summed E-state index contributed by atoms with van der Waals surface area (Å²) >= 11 is 0. The number of nitrogens with zero attached hydrogens (tertiary/aromatic N) is 2. The van der Waals surface area contributed by atoms with E-state index in [9.17, 15) is 4.79 Å². The van der Waals surface area contributed by atoms with E-state index in [1.807, 2.05) is 13.8 Å². The molecule has 1 aromatic heterocycles. The monoisotopic (exact) mass is 241 g/mol. The smallest absolute Gasteiger partial charge is 0.227 e. The Morgan fingerprint density at radius 1 is 1.29 bits per heavy atom. The van der Waals surface area contributed by atoms with Crippen LogP contribution in [-0.2, 0) is 11.2 Å². The molecule has 0 saturated heterocycles. The summed E-state index contributed by atoms with van der Waals surface area (Å²) in [5.41, 5.74) is 2.57. The van der Waals surface area contributed by atoms with Gasteiger partial charge in [-0.1, -0.05) is 0 Å². The van der Waals surface area contributed by atoms with Gasteiger partial charge < -0.3 is 15.1 Å². The zero-order chi connectivity index (χ0) is 12.8. The van der Waals surface area contributed by atoms with Gasteiger partial charge in [0, 0.05) is 24.3 Å². The molecule has 96 valence electrons. The van der Waals surface area contributed by atoms with E-state index in [4.69, 9.17) is 10.2 Å². The Balaban J connectivity index is 2.69. The zero-order valence-corrected chi connectivity index (χ0v) is 10.2. The van der Waals surface area contributed by atoms with Crippen LogP contribution in [0.1, 0.15) is 17.0 Å². The van der Waals surface area contributed by atoms with Gasteiger partial charge >= 0.3 is 0 Å². The number of aliphatic hydroxyl groups excluding tert-OH is 2. The van der Waals surface area contributed by atoms with Gasteiger partial charge in [0.2, 0.25) is 5.91 Å². The van der Waals surface area contributed by atoms with E-state index in [1.54, 1.807) is 0 Å². The summed E-state index contributed by atoms with van der Waals surface area (Å²) in [4.78, 5) is 13.4. The Morgan fingerprint density at radius 3 is 2.29 bits per heavy atom. The van der Waals surface area contributed by atoms with Crippen molar-refractivity contribution < 1.29 is 15.0 Å². The minimum atomic E-state index is -0.110. The molecule has 0 bridgehead atoms. The van der Waals surface area contributed by atoms with Gasteiger partial charge in [-0.2, -0.15) is 5.10 Å². The fourth-order valence-corrected chi connectivity index (χ4v) is 1.70. The lowest BCUT2D eigenvalue weighted by atomic mass is 10.1. The molecule has 0 aliphatic rings. The maximum absolute atomic E-state index is 12.0. The first-order valence-electron chi connectivity index (χ1n) is 5.60. The highest BCUT2D eigenvalue weighted by Gasteiger charge is 2.16. The summed E-state index contributed by atoms with van der Waals surface area (Å²) in [6.07, 6.45) is 0.244. The zero-order valence-electron chi connectivity index (χ0n) is 10.2. The van der Waals surface area contributed by atoms with Gasteiger partial charge in [0.05, 0.1) is 25.3 Å². The summed E-state index contributed by atoms with van der Waals surface area (Å²) in [6, 6.07) is 0. The third-order valence-electron chi connectivity index (χ3n) is 2.70. The number of aromatic nitrogens is 2. The maximum atomic E-state index is 12.0. The number of amides is 1. The quantitative estimate of drug-likeness (QED) is 0.619. The van der Waals surface area contributed by atoms with Gasteiger partial charge in [0.25, 0.3) is 0 Å². The molecule has 1 rings (SSSR count). The lowest BCUT2D eigenvalue weighted by molar-refractivity contribution is -0.131. The highest BCUT2D eigenvalue weighted by molar-refractivity contribution is 5.79. The van der Waals surface area contributed by atoms with Crippen LogP contribution in [0.4, 0.5) is 0 Å². The largest absolute Gasteiger partial charge is 0.395 e. The van der Waals surface area contributed by atoms with E-state index in [0.29, 0.717) is 0 Å². The summed E-state index contributed by atoms with van der Waals surface area (Å²) in [7, 11) is 0. The van der Waals surface area contributed by atoms with Gasteiger partial charge in [-0.15, -0.1) is 0 Å². The average molecular weight is 241 g/mol. The number of hydrogen-bond donors (Lipinski definition) is 3. The third kappa shape index (κ3) is 3.54. The minimum Gasteiger partial charge on any atom is -0.395 e. The molecule has 17 heavy (non-hydrogen) atoms. The number of carbonyl (C=O) groups is 1. The topological polar surface area (TPSA) is 89.5 Å². The Kier molecular flexibility index (Phi) is 5.11. The fraction of sp³-hybridized carbons (Fsp3) is 0.636. The van der Waals surface area contributed by atoms with Crippen LogP contribution in [0.2, 0.25) is 0 Å². The molecular weight excluding hydrogens is 222 g/mol. The number of H-pyrrole nitrogens is 1. The fourth-order valence-electron chi connectivity index (χ4n) is 1.70. The molecule has 1 heterocycles. The number of carbonyl (C=O) groups excluding carboxylic acids is 1. The second kappa shape index (κ2) is 6.36. The predicted octanol–water partition coefficient (Wildman–Crippen LogP) is -0.618. The van der Waals surface area contributed by atoms with Crippen LogP contribution < -0.4 is 0 Å². The lowest BCUT2D eigenvalue weighted by Gasteiger charge is -2.20. The van der Waals surface area contributed by atoms with Crippen molar-refractivity contribution in [1.82, 2.24) is 15.1 Å². The van der Waals surface area contributed by atoms with Crippen molar-refractivity contribution in [3.8, 4) is 0 Å². The molecule has 0 aliphatic heterocycles. The molecule has 0 atom stereocenters. The Morgan fingerprint density at radius 2 is 1.88 bits per heavy atom. The Hall–Kier alpha value is -1.40. The molecule has 0 unspecified atom stereocenters. The van der Waals surface area contributed by atoms with E-state index in [0.717, 1.165) is 17.0 Å². The van der Waals surface area contributed by atoms with Crippen molar-refractivity contribution in [2.45, 2.75) is 20.3 Å². The molecule has 0 aliphatic carbocycles. The van der Waals surface area contributed by atoms with E-state index in [1.165, 1.54) is 4.90 Å². The lowest BCUT2D eigenvalue weighted by Crippen LogP contribution is -2.37. The second-order valence-corrected chi connectivity index (χ2v) is 3.92. The molecule has 0 spiro atoms. The van der Waals surface area contributed by atoms with Crippen molar-refractivity contribution in [2.75, 3.05) is 26.3 Å². The maximum Gasteiger partial charge on any atom is 0.227 e. The number of hydrogen-bond acceptors (Lipinski definition) is 4. The van der Waals surface area contributed by atoms with E-state index >= 15 is 0 Å². The normalized spacial score (nSPS) is 10.6. The standard InChI is InChI=1S/C11H19N3O3/c1-8-10(9(2)13-12-8)7-11(17)14(3-5-15)4-6-16/h15-16H,3-7H2,1-2H3,(H,12,13). The number of aromatic amines is 1. The molecule has 6 nitrogen and oxygen atoms in total. The van der Waals surface area contributed by atoms with Crippen LogP contribution in [0.25, 0.3) is 0 Å². The van der Waals surface area contributed by atoms with Crippen molar-refractivity contribution in [3.05, 3.63) is 17.0 Å². The second-order valence-electron chi connectivity index (χ2n) is 3.92. The van der Waals surface area contributed by atoms with Gasteiger partial charge in [0.15, 0.2) is 0 Å². The van der Waals surface area contributed by atoms with Gasteiger partial charge in [-0.05, 0) is 13.8 Å². The predicted molar refractivity (Wildman–Crippen MR) is 62.5 cm³/mol. The first kappa shape index (κ1) is 13.7. The SMILES string of the molecule is Cc1n[nH]c(C)c1CC(=O)N(CCO)CCO. The molecule has 3 N–H and O–H groups in total.